The van der Waals surface area contributed by atoms with Crippen LogP contribution in [0.15, 0.2) is 17.6 Å². The molecule has 2 aromatic rings. The number of aliphatic hydroxyl groups excluding tert-OH is 1. The Bertz CT molecular complexity index is 510. The van der Waals surface area contributed by atoms with Crippen LogP contribution >= 0.6 is 11.3 Å². The van der Waals surface area contributed by atoms with Gasteiger partial charge in [-0.2, -0.15) is 5.10 Å². The molecule has 0 spiro atoms. The van der Waals surface area contributed by atoms with Gasteiger partial charge in [0.15, 0.2) is 0 Å². The van der Waals surface area contributed by atoms with Crippen LogP contribution in [0.5, 0.6) is 0 Å². The van der Waals surface area contributed by atoms with E-state index in [1.54, 1.807) is 22.1 Å². The Balaban J connectivity index is 2.26. The zero-order chi connectivity index (χ0) is 12.6. The van der Waals surface area contributed by atoms with Crippen molar-refractivity contribution in [2.75, 3.05) is 0 Å². The normalized spacial score (nSPS) is 13.9. The lowest BCUT2D eigenvalue weighted by molar-refractivity contribution is 0.209. The fourth-order valence-corrected chi connectivity index (χ4v) is 2.41. The molecule has 0 bridgehead atoms. The molecule has 17 heavy (non-hydrogen) atoms. The molecule has 0 aliphatic rings. The third-order valence-corrected chi connectivity index (χ3v) is 3.74. The van der Waals surface area contributed by atoms with Crippen molar-refractivity contribution < 1.29 is 5.11 Å². The largest absolute Gasteiger partial charge is 0.380 e. The molecule has 1 N–H and O–H groups in total. The number of hydrogen-bond acceptors (Lipinski definition) is 4. The van der Waals surface area contributed by atoms with Gasteiger partial charge in [0.25, 0.3) is 0 Å². The molecule has 0 aliphatic carbocycles. The highest BCUT2D eigenvalue weighted by molar-refractivity contribution is 7.09. The van der Waals surface area contributed by atoms with Gasteiger partial charge in [-0.15, -0.1) is 11.3 Å². The van der Waals surface area contributed by atoms with E-state index < -0.39 is 6.10 Å². The molecule has 0 aliphatic heterocycles. The molecule has 0 amide bonds. The van der Waals surface area contributed by atoms with Crippen LogP contribution in [-0.2, 0) is 12.5 Å². The van der Waals surface area contributed by atoms with Crippen LogP contribution in [-0.4, -0.2) is 19.9 Å². The monoisotopic (exact) mass is 251 g/mol. The maximum absolute atomic E-state index is 10.2. The minimum atomic E-state index is -0.733. The summed E-state index contributed by atoms with van der Waals surface area (Å²) in [6.07, 6.45) is 1.08. The number of aromatic nitrogens is 3. The summed E-state index contributed by atoms with van der Waals surface area (Å²) in [4.78, 5) is 4.49. The zero-order valence-corrected chi connectivity index (χ0v) is 11.3. The van der Waals surface area contributed by atoms with Crippen molar-refractivity contribution in [3.05, 3.63) is 34.0 Å². The van der Waals surface area contributed by atoms with Crippen LogP contribution in [0.2, 0.25) is 0 Å². The van der Waals surface area contributed by atoms with E-state index in [4.69, 9.17) is 0 Å². The van der Waals surface area contributed by atoms with Crippen molar-refractivity contribution in [2.24, 2.45) is 7.05 Å². The predicted octanol–water partition coefficient (Wildman–Crippen LogP) is 2.26. The second kappa shape index (κ2) is 4.23. The van der Waals surface area contributed by atoms with Gasteiger partial charge in [0.2, 0.25) is 0 Å². The summed E-state index contributed by atoms with van der Waals surface area (Å²) in [7, 11) is 1.83. The summed E-state index contributed by atoms with van der Waals surface area (Å²) in [5.41, 5.74) is 1.34. The molecule has 0 saturated heterocycles. The first-order chi connectivity index (χ1) is 7.88. The SMILES string of the molecule is Cn1ccc(C(O)c2csc(C(C)(C)C)n2)n1. The predicted molar refractivity (Wildman–Crippen MR) is 68.1 cm³/mol. The summed E-state index contributed by atoms with van der Waals surface area (Å²) >= 11 is 1.58. The maximum Gasteiger partial charge on any atom is 0.140 e. The van der Waals surface area contributed by atoms with Gasteiger partial charge in [0, 0.05) is 24.0 Å². The number of rotatable bonds is 2. The van der Waals surface area contributed by atoms with Gasteiger partial charge >= 0.3 is 0 Å². The fraction of sp³-hybridized carbons (Fsp3) is 0.500. The first-order valence-corrected chi connectivity index (χ1v) is 6.39. The molecule has 0 fully saturated rings. The van der Waals surface area contributed by atoms with E-state index in [0.717, 1.165) is 5.01 Å². The summed E-state index contributed by atoms with van der Waals surface area (Å²) in [5.74, 6) is 0. The minimum absolute atomic E-state index is 0.0206. The van der Waals surface area contributed by atoms with Gasteiger partial charge in [0.1, 0.15) is 6.10 Å². The number of hydrogen-bond donors (Lipinski definition) is 1. The standard InChI is InChI=1S/C12H17N3OS/c1-12(2,3)11-13-9(7-17-11)10(16)8-5-6-15(4)14-8/h5-7,10,16H,1-4H3. The van der Waals surface area contributed by atoms with Crippen molar-refractivity contribution in [2.45, 2.75) is 32.3 Å². The Morgan fingerprint density at radius 3 is 2.53 bits per heavy atom. The molecule has 2 heterocycles. The molecule has 92 valence electrons. The minimum Gasteiger partial charge on any atom is -0.380 e. The van der Waals surface area contributed by atoms with E-state index in [2.05, 4.69) is 30.9 Å². The molecule has 0 radical (unpaired) electrons. The van der Waals surface area contributed by atoms with Gasteiger partial charge in [-0.25, -0.2) is 4.98 Å². The molecular formula is C12H17N3OS. The molecule has 1 unspecified atom stereocenters. The third-order valence-electron chi connectivity index (χ3n) is 2.46. The third kappa shape index (κ3) is 2.56. The highest BCUT2D eigenvalue weighted by Gasteiger charge is 2.22. The lowest BCUT2D eigenvalue weighted by Crippen LogP contribution is -2.11. The van der Waals surface area contributed by atoms with E-state index in [1.165, 1.54) is 0 Å². The molecule has 1 atom stereocenters. The van der Waals surface area contributed by atoms with E-state index in [1.807, 2.05) is 18.6 Å². The first-order valence-electron chi connectivity index (χ1n) is 5.51. The number of aryl methyl sites for hydroxylation is 1. The summed E-state index contributed by atoms with van der Waals surface area (Å²) in [6.45, 7) is 6.34. The molecule has 0 aromatic carbocycles. The Kier molecular flexibility index (Phi) is 3.05. The lowest BCUT2D eigenvalue weighted by Gasteiger charge is -2.13. The van der Waals surface area contributed by atoms with Crippen molar-refractivity contribution in [3.63, 3.8) is 0 Å². The van der Waals surface area contributed by atoms with Gasteiger partial charge in [-0.05, 0) is 6.07 Å². The average molecular weight is 251 g/mol. The number of aliphatic hydroxyl groups is 1. The van der Waals surface area contributed by atoms with Gasteiger partial charge in [0.05, 0.1) is 16.4 Å². The summed E-state index contributed by atoms with van der Waals surface area (Å²) in [6, 6.07) is 1.81. The van der Waals surface area contributed by atoms with Gasteiger partial charge in [-0.3, -0.25) is 4.68 Å². The van der Waals surface area contributed by atoms with E-state index in [0.29, 0.717) is 11.4 Å². The zero-order valence-electron chi connectivity index (χ0n) is 10.5. The first kappa shape index (κ1) is 12.3. The molecule has 2 rings (SSSR count). The van der Waals surface area contributed by atoms with E-state index >= 15 is 0 Å². The van der Waals surface area contributed by atoms with Crippen LogP contribution < -0.4 is 0 Å². The van der Waals surface area contributed by atoms with Crippen LogP contribution in [0.1, 0.15) is 43.3 Å². The second-order valence-electron chi connectivity index (χ2n) is 5.14. The highest BCUT2D eigenvalue weighted by Crippen LogP contribution is 2.29. The van der Waals surface area contributed by atoms with Crippen LogP contribution in [0, 0.1) is 0 Å². The van der Waals surface area contributed by atoms with E-state index in [-0.39, 0.29) is 5.41 Å². The van der Waals surface area contributed by atoms with Crippen LogP contribution in [0.4, 0.5) is 0 Å². The van der Waals surface area contributed by atoms with E-state index in [9.17, 15) is 5.11 Å². The Morgan fingerprint density at radius 2 is 2.06 bits per heavy atom. The van der Waals surface area contributed by atoms with Crippen molar-refractivity contribution in [3.8, 4) is 0 Å². The smallest absolute Gasteiger partial charge is 0.140 e. The molecule has 5 heteroatoms. The Morgan fingerprint density at radius 1 is 1.35 bits per heavy atom. The second-order valence-corrected chi connectivity index (χ2v) is 6.00. The Labute approximate surface area is 105 Å². The molecule has 0 saturated carbocycles. The van der Waals surface area contributed by atoms with Crippen molar-refractivity contribution in [1.82, 2.24) is 14.8 Å². The summed E-state index contributed by atoms with van der Waals surface area (Å²) in [5, 5.41) is 17.3. The van der Waals surface area contributed by atoms with Gasteiger partial charge in [-0.1, -0.05) is 20.8 Å². The number of nitrogens with zero attached hydrogens (tertiary/aromatic N) is 3. The average Bonchev–Trinajstić information content (AvgIpc) is 2.83. The maximum atomic E-state index is 10.2. The topological polar surface area (TPSA) is 50.9 Å². The molecule has 2 aromatic heterocycles. The fourth-order valence-electron chi connectivity index (χ4n) is 1.49. The highest BCUT2D eigenvalue weighted by atomic mass is 32.1. The van der Waals surface area contributed by atoms with Crippen LogP contribution in [0.25, 0.3) is 0 Å². The quantitative estimate of drug-likeness (QED) is 0.890. The van der Waals surface area contributed by atoms with Crippen molar-refractivity contribution in [1.29, 1.82) is 0 Å². The molecule has 4 nitrogen and oxygen atoms in total. The van der Waals surface area contributed by atoms with Crippen LogP contribution in [0.3, 0.4) is 0 Å². The summed E-state index contributed by atoms with van der Waals surface area (Å²) < 4.78 is 1.68. The lowest BCUT2D eigenvalue weighted by atomic mass is 9.98. The Hall–Kier alpha value is -1.20. The number of thiazole rings is 1. The van der Waals surface area contributed by atoms with Gasteiger partial charge < -0.3 is 5.11 Å². The van der Waals surface area contributed by atoms with Crippen molar-refractivity contribution >= 4 is 11.3 Å². The molecular weight excluding hydrogens is 234 g/mol.